The summed E-state index contributed by atoms with van der Waals surface area (Å²) in [5, 5.41) is 3.05. The van der Waals surface area contributed by atoms with Gasteiger partial charge in [0.15, 0.2) is 0 Å². The van der Waals surface area contributed by atoms with Crippen LogP contribution in [0.2, 0.25) is 0 Å². The molecule has 4 nitrogen and oxygen atoms in total. The molecule has 0 unspecified atom stereocenters. The lowest BCUT2D eigenvalue weighted by atomic mass is 11.3. The topological polar surface area (TPSA) is 58.0 Å². The highest BCUT2D eigenvalue weighted by atomic mass is 16.5. The fourth-order valence-electron chi connectivity index (χ4n) is 0.0836. The van der Waals surface area contributed by atoms with Crippen LogP contribution in [-0.4, -0.2) is 13.8 Å². The Kier molecular flexibility index (Phi) is 3.75. The van der Waals surface area contributed by atoms with Crippen molar-refractivity contribution < 1.29 is 4.74 Å². The molecule has 0 saturated heterocycles. The Morgan fingerprint density at radius 2 is 2.67 bits per heavy atom. The van der Waals surface area contributed by atoms with E-state index in [1.54, 1.807) is 0 Å². The van der Waals surface area contributed by atoms with Crippen molar-refractivity contribution in [2.24, 2.45) is 5.11 Å². The fraction of sp³-hybridized carbons (Fsp3) is 1.00. The van der Waals surface area contributed by atoms with Crippen LogP contribution in [0.4, 0.5) is 0 Å². The molecule has 0 atom stereocenters. The van der Waals surface area contributed by atoms with Crippen LogP contribution in [0.5, 0.6) is 0 Å². The van der Waals surface area contributed by atoms with Gasteiger partial charge in [-0.25, -0.2) is 0 Å². The number of methoxy groups -OCH3 is 1. The second-order valence-corrected chi connectivity index (χ2v) is 0.649. The van der Waals surface area contributed by atoms with E-state index in [0.717, 1.165) is 0 Å². The van der Waals surface area contributed by atoms with E-state index in [2.05, 4.69) is 14.8 Å². The Balaban J connectivity index is 2.86. The molecule has 0 N–H and O–H groups in total. The minimum Gasteiger partial charge on any atom is -0.379 e. The van der Waals surface area contributed by atoms with Gasteiger partial charge in [-0.15, -0.1) is 0 Å². The number of nitrogens with zero attached hydrogens (tertiary/aromatic N) is 3. The molecule has 0 aromatic carbocycles. The first-order valence-electron chi connectivity index (χ1n) is 1.41. The average Bonchev–Trinajstić information content (AvgIpc) is 1.61. The quantitative estimate of drug-likeness (QED) is 0.280. The second-order valence-electron chi connectivity index (χ2n) is 0.649. The van der Waals surface area contributed by atoms with Crippen LogP contribution in [0, 0.1) is 0 Å². The molecule has 0 fully saturated rings. The number of rotatable bonds is 2. The van der Waals surface area contributed by atoms with Crippen LogP contribution in [0.1, 0.15) is 0 Å². The van der Waals surface area contributed by atoms with Crippen molar-refractivity contribution in [3.63, 3.8) is 0 Å². The van der Waals surface area contributed by atoms with Gasteiger partial charge in [-0.05, 0) is 5.53 Å². The van der Waals surface area contributed by atoms with E-state index in [-0.39, 0.29) is 6.73 Å². The SMILES string of the molecule is COCN=[N+]=[N-]. The predicted molar refractivity (Wildman–Crippen MR) is 21.0 cm³/mol. The van der Waals surface area contributed by atoms with Crippen LogP contribution in [0.3, 0.4) is 0 Å². The summed E-state index contributed by atoms with van der Waals surface area (Å²) in [6.07, 6.45) is 0. The Hall–Kier alpha value is -0.730. The van der Waals surface area contributed by atoms with Crippen LogP contribution in [0.15, 0.2) is 5.11 Å². The summed E-state index contributed by atoms with van der Waals surface area (Å²) in [5.41, 5.74) is 7.58. The van der Waals surface area contributed by atoms with Crippen LogP contribution in [-0.2, 0) is 4.74 Å². The summed E-state index contributed by atoms with van der Waals surface area (Å²) in [6.45, 7) is 0.122. The maximum absolute atomic E-state index is 7.58. The molecule has 0 rings (SSSR count). The molecule has 0 heterocycles. The van der Waals surface area contributed by atoms with Gasteiger partial charge in [-0.2, -0.15) is 0 Å². The van der Waals surface area contributed by atoms with Crippen LogP contribution >= 0.6 is 0 Å². The van der Waals surface area contributed by atoms with Gasteiger partial charge in [0.2, 0.25) is 0 Å². The molecule has 0 aliphatic heterocycles. The Bertz CT molecular complexity index is 65.2. The molecule has 0 radical (unpaired) electrons. The normalized spacial score (nSPS) is 6.83. The molecular weight excluding hydrogens is 82.0 g/mol. The van der Waals surface area contributed by atoms with Gasteiger partial charge in [-0.1, -0.05) is 5.11 Å². The van der Waals surface area contributed by atoms with E-state index in [9.17, 15) is 0 Å². The minimum absolute atomic E-state index is 0.122. The third-order valence-corrected chi connectivity index (χ3v) is 0.250. The Morgan fingerprint density at radius 1 is 2.00 bits per heavy atom. The third-order valence-electron chi connectivity index (χ3n) is 0.250. The number of hydrogen-bond donors (Lipinski definition) is 0. The first-order chi connectivity index (χ1) is 2.91. The maximum Gasteiger partial charge on any atom is 0.125 e. The van der Waals surface area contributed by atoms with Crippen molar-refractivity contribution in [1.29, 1.82) is 0 Å². The monoisotopic (exact) mass is 87.0 g/mol. The highest BCUT2D eigenvalue weighted by molar-refractivity contribution is 4.34. The van der Waals surface area contributed by atoms with Gasteiger partial charge in [0, 0.05) is 12.0 Å². The van der Waals surface area contributed by atoms with Crippen molar-refractivity contribution >= 4 is 0 Å². The Morgan fingerprint density at radius 3 is 2.83 bits per heavy atom. The maximum atomic E-state index is 7.58. The average molecular weight is 87.1 g/mol. The lowest BCUT2D eigenvalue weighted by Crippen LogP contribution is -1.76. The lowest BCUT2D eigenvalue weighted by Gasteiger charge is -1.78. The van der Waals surface area contributed by atoms with Crippen molar-refractivity contribution in [2.45, 2.75) is 0 Å². The van der Waals surface area contributed by atoms with Gasteiger partial charge in [0.25, 0.3) is 0 Å². The number of hydrogen-bond acceptors (Lipinski definition) is 2. The fourth-order valence-corrected chi connectivity index (χ4v) is 0.0836. The molecule has 6 heavy (non-hydrogen) atoms. The number of ether oxygens (including phenoxy) is 1. The standard InChI is InChI=1S/C2H5N3O/c1-6-2-4-5-3/h2H2,1H3. The molecular formula is C2H5N3O. The van der Waals surface area contributed by atoms with Crippen LogP contribution < -0.4 is 0 Å². The van der Waals surface area contributed by atoms with Gasteiger partial charge in [0.05, 0.1) is 0 Å². The van der Waals surface area contributed by atoms with Crippen molar-refractivity contribution in [3.8, 4) is 0 Å². The largest absolute Gasteiger partial charge is 0.379 e. The van der Waals surface area contributed by atoms with E-state index in [1.807, 2.05) is 0 Å². The van der Waals surface area contributed by atoms with Gasteiger partial charge < -0.3 is 4.74 Å². The van der Waals surface area contributed by atoms with E-state index >= 15 is 0 Å². The molecule has 0 amide bonds. The van der Waals surface area contributed by atoms with Crippen LogP contribution in [0.25, 0.3) is 10.4 Å². The molecule has 0 aromatic heterocycles. The molecule has 0 saturated carbocycles. The summed E-state index contributed by atoms with van der Waals surface area (Å²) < 4.78 is 4.36. The summed E-state index contributed by atoms with van der Waals surface area (Å²) in [6, 6.07) is 0. The van der Waals surface area contributed by atoms with Crippen molar-refractivity contribution in [1.82, 2.24) is 0 Å². The van der Waals surface area contributed by atoms with Gasteiger partial charge in [-0.3, -0.25) is 0 Å². The first kappa shape index (κ1) is 5.27. The Labute approximate surface area is 35.4 Å². The van der Waals surface area contributed by atoms with E-state index in [0.29, 0.717) is 0 Å². The van der Waals surface area contributed by atoms with E-state index in [4.69, 9.17) is 5.53 Å². The zero-order valence-corrected chi connectivity index (χ0v) is 3.46. The predicted octanol–water partition coefficient (Wildman–Crippen LogP) is 0.901. The summed E-state index contributed by atoms with van der Waals surface area (Å²) in [7, 11) is 1.47. The molecule has 4 heteroatoms. The molecule has 0 spiro atoms. The highest BCUT2D eigenvalue weighted by Crippen LogP contribution is 1.66. The first-order valence-corrected chi connectivity index (χ1v) is 1.41. The summed E-state index contributed by atoms with van der Waals surface area (Å²) in [4.78, 5) is 2.43. The third kappa shape index (κ3) is 3.27. The summed E-state index contributed by atoms with van der Waals surface area (Å²) in [5.74, 6) is 0. The molecule has 34 valence electrons. The zero-order chi connectivity index (χ0) is 4.83. The van der Waals surface area contributed by atoms with Crippen molar-refractivity contribution in [3.05, 3.63) is 10.4 Å². The smallest absolute Gasteiger partial charge is 0.125 e. The lowest BCUT2D eigenvalue weighted by molar-refractivity contribution is 0.207. The second kappa shape index (κ2) is 4.27. The molecule has 0 aromatic rings. The highest BCUT2D eigenvalue weighted by Gasteiger charge is 1.62. The van der Waals surface area contributed by atoms with Crippen molar-refractivity contribution in [2.75, 3.05) is 13.8 Å². The number of azide groups is 1. The van der Waals surface area contributed by atoms with E-state index < -0.39 is 0 Å². The van der Waals surface area contributed by atoms with E-state index in [1.165, 1.54) is 7.11 Å². The minimum atomic E-state index is 0.122. The summed E-state index contributed by atoms with van der Waals surface area (Å²) >= 11 is 0. The van der Waals surface area contributed by atoms with Gasteiger partial charge in [0.1, 0.15) is 6.73 Å². The molecule has 0 aliphatic rings. The zero-order valence-electron chi connectivity index (χ0n) is 3.46. The molecule has 0 bridgehead atoms. The van der Waals surface area contributed by atoms with Gasteiger partial charge >= 0.3 is 0 Å². The molecule has 0 aliphatic carbocycles.